The molecule has 2 heterocycles. The topological polar surface area (TPSA) is 71.2 Å². The molecule has 108 valence electrons. The van der Waals surface area contributed by atoms with Gasteiger partial charge >= 0.3 is 0 Å². The molecule has 0 aliphatic carbocycles. The SMILES string of the molecule is O=C(NCc1cc(=O)[nH]c2ccccc12)C1=CCCCO1. The van der Waals surface area contributed by atoms with Crippen molar-refractivity contribution in [3.8, 4) is 0 Å². The average Bonchev–Trinajstić information content (AvgIpc) is 2.53. The fraction of sp³-hybridized carbons (Fsp3) is 0.250. The van der Waals surface area contributed by atoms with Gasteiger partial charge in [-0.25, -0.2) is 0 Å². The van der Waals surface area contributed by atoms with Crippen molar-refractivity contribution in [2.45, 2.75) is 19.4 Å². The number of H-pyrrole nitrogens is 1. The predicted molar refractivity (Wildman–Crippen MR) is 79.7 cm³/mol. The van der Waals surface area contributed by atoms with Gasteiger partial charge in [0.1, 0.15) is 0 Å². The summed E-state index contributed by atoms with van der Waals surface area (Å²) in [7, 11) is 0. The molecule has 5 heteroatoms. The maximum atomic E-state index is 12.0. The number of benzene rings is 1. The van der Waals surface area contributed by atoms with Crippen LogP contribution in [0.15, 0.2) is 47.0 Å². The molecule has 0 atom stereocenters. The summed E-state index contributed by atoms with van der Waals surface area (Å²) in [6.45, 7) is 0.872. The van der Waals surface area contributed by atoms with Gasteiger partial charge in [-0.05, 0) is 30.5 Å². The molecule has 0 saturated carbocycles. The van der Waals surface area contributed by atoms with Crippen LogP contribution in [0.1, 0.15) is 18.4 Å². The van der Waals surface area contributed by atoms with Crippen LogP contribution in [0.2, 0.25) is 0 Å². The van der Waals surface area contributed by atoms with Gasteiger partial charge in [0.2, 0.25) is 5.56 Å². The molecule has 2 aromatic rings. The van der Waals surface area contributed by atoms with Crippen LogP contribution in [0.4, 0.5) is 0 Å². The Morgan fingerprint density at radius 3 is 3.00 bits per heavy atom. The summed E-state index contributed by atoms with van der Waals surface area (Å²) in [5.41, 5.74) is 1.38. The monoisotopic (exact) mass is 284 g/mol. The maximum Gasteiger partial charge on any atom is 0.286 e. The zero-order chi connectivity index (χ0) is 14.7. The van der Waals surface area contributed by atoms with Crippen molar-refractivity contribution < 1.29 is 9.53 Å². The molecular formula is C16H16N2O3. The molecule has 2 N–H and O–H groups in total. The fourth-order valence-corrected chi connectivity index (χ4v) is 2.40. The van der Waals surface area contributed by atoms with Gasteiger partial charge in [0.15, 0.2) is 5.76 Å². The van der Waals surface area contributed by atoms with E-state index in [1.54, 1.807) is 6.08 Å². The first-order valence-electron chi connectivity index (χ1n) is 6.96. The Hall–Kier alpha value is -2.56. The minimum atomic E-state index is -0.237. The average molecular weight is 284 g/mol. The van der Waals surface area contributed by atoms with Crippen molar-refractivity contribution in [1.82, 2.24) is 10.3 Å². The van der Waals surface area contributed by atoms with Gasteiger partial charge in [-0.2, -0.15) is 0 Å². The number of hydrogen-bond donors (Lipinski definition) is 2. The Morgan fingerprint density at radius 1 is 1.33 bits per heavy atom. The van der Waals surface area contributed by atoms with E-state index in [-0.39, 0.29) is 11.5 Å². The summed E-state index contributed by atoms with van der Waals surface area (Å²) < 4.78 is 5.32. The molecule has 0 radical (unpaired) electrons. The van der Waals surface area contributed by atoms with Crippen LogP contribution in [-0.2, 0) is 16.1 Å². The predicted octanol–water partition coefficient (Wildman–Crippen LogP) is 1.84. The van der Waals surface area contributed by atoms with Crippen LogP contribution in [0.3, 0.4) is 0 Å². The first kappa shape index (κ1) is 13.4. The zero-order valence-electron chi connectivity index (χ0n) is 11.5. The lowest BCUT2D eigenvalue weighted by Crippen LogP contribution is -2.27. The number of aromatic nitrogens is 1. The van der Waals surface area contributed by atoms with Crippen molar-refractivity contribution in [3.63, 3.8) is 0 Å². The van der Waals surface area contributed by atoms with E-state index in [0.29, 0.717) is 18.9 Å². The number of para-hydroxylation sites is 1. The van der Waals surface area contributed by atoms with E-state index < -0.39 is 0 Å². The van der Waals surface area contributed by atoms with Gasteiger partial charge in [-0.1, -0.05) is 18.2 Å². The summed E-state index contributed by atoms with van der Waals surface area (Å²) in [6, 6.07) is 9.04. The third kappa shape index (κ3) is 2.97. The van der Waals surface area contributed by atoms with E-state index in [2.05, 4.69) is 10.3 Å². The molecule has 3 rings (SSSR count). The number of pyridine rings is 1. The van der Waals surface area contributed by atoms with Crippen LogP contribution in [0.5, 0.6) is 0 Å². The van der Waals surface area contributed by atoms with Crippen molar-refractivity contribution >= 4 is 16.8 Å². The number of fused-ring (bicyclic) bond motifs is 1. The van der Waals surface area contributed by atoms with Crippen LogP contribution < -0.4 is 10.9 Å². The molecule has 1 amide bonds. The first-order valence-corrected chi connectivity index (χ1v) is 6.96. The maximum absolute atomic E-state index is 12.0. The molecule has 0 spiro atoms. The summed E-state index contributed by atoms with van der Waals surface area (Å²) in [5, 5.41) is 3.73. The quantitative estimate of drug-likeness (QED) is 0.903. The van der Waals surface area contributed by atoms with Gasteiger partial charge in [-0.15, -0.1) is 0 Å². The van der Waals surface area contributed by atoms with Gasteiger partial charge in [-0.3, -0.25) is 9.59 Å². The van der Waals surface area contributed by atoms with Gasteiger partial charge in [0.05, 0.1) is 6.61 Å². The molecule has 0 fully saturated rings. The lowest BCUT2D eigenvalue weighted by Gasteiger charge is -2.14. The molecule has 1 aromatic carbocycles. The van der Waals surface area contributed by atoms with E-state index in [9.17, 15) is 9.59 Å². The standard InChI is InChI=1S/C16H16N2O3/c19-15-9-11(12-5-1-2-6-13(12)18-15)10-17-16(20)14-7-3-4-8-21-14/h1-2,5-7,9H,3-4,8,10H2,(H,17,20)(H,18,19). The highest BCUT2D eigenvalue weighted by atomic mass is 16.5. The molecule has 21 heavy (non-hydrogen) atoms. The first-order chi connectivity index (χ1) is 10.2. The number of ether oxygens (including phenoxy) is 1. The van der Waals surface area contributed by atoms with Gasteiger partial charge in [0, 0.05) is 23.5 Å². The van der Waals surface area contributed by atoms with E-state index in [1.165, 1.54) is 6.07 Å². The highest BCUT2D eigenvalue weighted by molar-refractivity contribution is 5.92. The summed E-state index contributed by atoms with van der Waals surface area (Å²) >= 11 is 0. The highest BCUT2D eigenvalue weighted by Gasteiger charge is 2.14. The lowest BCUT2D eigenvalue weighted by atomic mass is 10.1. The minimum absolute atomic E-state index is 0.175. The Kier molecular flexibility index (Phi) is 3.73. The third-order valence-electron chi connectivity index (χ3n) is 3.44. The molecular weight excluding hydrogens is 268 g/mol. The van der Waals surface area contributed by atoms with Crippen molar-refractivity contribution in [3.05, 3.63) is 58.1 Å². The van der Waals surface area contributed by atoms with Crippen LogP contribution in [-0.4, -0.2) is 17.5 Å². The summed E-state index contributed by atoms with van der Waals surface area (Å²) in [5.74, 6) is 0.134. The normalized spacial score (nSPS) is 14.4. The number of carbonyl (C=O) groups excluding carboxylic acids is 1. The smallest absolute Gasteiger partial charge is 0.286 e. The molecule has 0 saturated heterocycles. The van der Waals surface area contributed by atoms with E-state index in [1.807, 2.05) is 24.3 Å². The van der Waals surface area contributed by atoms with Crippen molar-refractivity contribution in [2.24, 2.45) is 0 Å². The van der Waals surface area contributed by atoms with Crippen molar-refractivity contribution in [2.75, 3.05) is 6.61 Å². The number of nitrogens with one attached hydrogen (secondary N) is 2. The fourth-order valence-electron chi connectivity index (χ4n) is 2.40. The number of allylic oxidation sites excluding steroid dienone is 1. The Bertz CT molecular complexity index is 761. The van der Waals surface area contributed by atoms with Gasteiger partial charge < -0.3 is 15.0 Å². The number of amides is 1. The number of aromatic amines is 1. The molecule has 5 nitrogen and oxygen atoms in total. The second kappa shape index (κ2) is 5.83. The highest BCUT2D eigenvalue weighted by Crippen LogP contribution is 2.15. The Morgan fingerprint density at radius 2 is 2.19 bits per heavy atom. The molecule has 0 bridgehead atoms. The second-order valence-corrected chi connectivity index (χ2v) is 4.95. The number of carbonyl (C=O) groups is 1. The van der Waals surface area contributed by atoms with Gasteiger partial charge in [0.25, 0.3) is 5.91 Å². The number of rotatable bonds is 3. The molecule has 1 aliphatic heterocycles. The Balaban J connectivity index is 1.80. The van der Waals surface area contributed by atoms with E-state index in [4.69, 9.17) is 4.74 Å². The number of hydrogen-bond acceptors (Lipinski definition) is 3. The Labute approximate surface area is 121 Å². The third-order valence-corrected chi connectivity index (χ3v) is 3.44. The van der Waals surface area contributed by atoms with E-state index >= 15 is 0 Å². The molecule has 0 unspecified atom stereocenters. The van der Waals surface area contributed by atoms with Crippen molar-refractivity contribution in [1.29, 1.82) is 0 Å². The van der Waals surface area contributed by atoms with Crippen LogP contribution in [0, 0.1) is 0 Å². The van der Waals surface area contributed by atoms with E-state index in [0.717, 1.165) is 29.3 Å². The summed E-state index contributed by atoms with van der Waals surface area (Å²) in [4.78, 5) is 26.4. The summed E-state index contributed by atoms with van der Waals surface area (Å²) in [6.07, 6.45) is 3.60. The molecule has 1 aromatic heterocycles. The minimum Gasteiger partial charge on any atom is -0.488 e. The second-order valence-electron chi connectivity index (χ2n) is 4.95. The molecule has 1 aliphatic rings. The van der Waals surface area contributed by atoms with Crippen LogP contribution >= 0.6 is 0 Å². The van der Waals surface area contributed by atoms with Crippen LogP contribution in [0.25, 0.3) is 10.9 Å². The lowest BCUT2D eigenvalue weighted by molar-refractivity contribution is -0.121. The zero-order valence-corrected chi connectivity index (χ0v) is 11.5. The largest absolute Gasteiger partial charge is 0.488 e.